The third kappa shape index (κ3) is 5.86. The Morgan fingerprint density at radius 1 is 1.17 bits per heavy atom. The van der Waals surface area contributed by atoms with Crippen molar-refractivity contribution < 1.29 is 27.5 Å². The van der Waals surface area contributed by atoms with E-state index in [1.54, 1.807) is 27.7 Å². The average molecular weight is 345 g/mol. The third-order valence-corrected chi connectivity index (χ3v) is 3.31. The summed E-state index contributed by atoms with van der Waals surface area (Å²) in [4.78, 5) is 25.5. The maximum atomic E-state index is 12.8. The SMILES string of the molecule is CCOC(=O)CN(C(=O)Cc1cccc(C(F)(F)F)c1)C(C)(C)C. The highest BCUT2D eigenvalue weighted by molar-refractivity contribution is 5.84. The summed E-state index contributed by atoms with van der Waals surface area (Å²) in [5.74, 6) is -0.986. The van der Waals surface area contributed by atoms with Gasteiger partial charge in [0.05, 0.1) is 18.6 Å². The van der Waals surface area contributed by atoms with Crippen molar-refractivity contribution in [2.45, 2.75) is 45.8 Å². The van der Waals surface area contributed by atoms with E-state index >= 15 is 0 Å². The first-order valence-electron chi connectivity index (χ1n) is 7.57. The number of alkyl halides is 3. The second kappa shape index (κ2) is 7.68. The van der Waals surface area contributed by atoms with Crippen molar-refractivity contribution in [1.29, 1.82) is 0 Å². The Hall–Kier alpha value is -2.05. The summed E-state index contributed by atoms with van der Waals surface area (Å²) in [6.45, 7) is 6.85. The summed E-state index contributed by atoms with van der Waals surface area (Å²) in [7, 11) is 0. The Bertz CT molecular complexity index is 591. The minimum Gasteiger partial charge on any atom is -0.465 e. The fraction of sp³-hybridized carbons (Fsp3) is 0.529. The van der Waals surface area contributed by atoms with Crippen LogP contribution in [0.25, 0.3) is 0 Å². The van der Waals surface area contributed by atoms with Crippen LogP contribution in [0.5, 0.6) is 0 Å². The zero-order chi connectivity index (χ0) is 18.5. The first-order chi connectivity index (χ1) is 10.9. The zero-order valence-corrected chi connectivity index (χ0v) is 14.2. The van der Waals surface area contributed by atoms with E-state index in [4.69, 9.17) is 4.74 Å². The lowest BCUT2D eigenvalue weighted by Crippen LogP contribution is -2.49. The molecule has 0 spiro atoms. The molecule has 0 bridgehead atoms. The summed E-state index contributed by atoms with van der Waals surface area (Å²) in [6.07, 6.45) is -4.69. The molecule has 0 N–H and O–H groups in total. The van der Waals surface area contributed by atoms with Crippen molar-refractivity contribution >= 4 is 11.9 Å². The Balaban J connectivity index is 2.95. The third-order valence-electron chi connectivity index (χ3n) is 3.31. The van der Waals surface area contributed by atoms with E-state index in [1.807, 2.05) is 0 Å². The fourth-order valence-corrected chi connectivity index (χ4v) is 2.16. The van der Waals surface area contributed by atoms with Crippen LogP contribution in [0.3, 0.4) is 0 Å². The van der Waals surface area contributed by atoms with E-state index in [9.17, 15) is 22.8 Å². The monoisotopic (exact) mass is 345 g/mol. The van der Waals surface area contributed by atoms with Crippen LogP contribution in [0.15, 0.2) is 24.3 Å². The van der Waals surface area contributed by atoms with Gasteiger partial charge in [-0.2, -0.15) is 13.2 Å². The number of rotatable bonds is 5. The molecule has 0 radical (unpaired) electrons. The maximum absolute atomic E-state index is 12.8. The van der Waals surface area contributed by atoms with Gasteiger partial charge in [0.1, 0.15) is 6.54 Å². The molecule has 4 nitrogen and oxygen atoms in total. The van der Waals surface area contributed by atoms with Crippen molar-refractivity contribution in [3.05, 3.63) is 35.4 Å². The highest BCUT2D eigenvalue weighted by atomic mass is 19.4. The van der Waals surface area contributed by atoms with Gasteiger partial charge < -0.3 is 9.64 Å². The molecular formula is C17H22F3NO3. The van der Waals surface area contributed by atoms with Gasteiger partial charge in [0.15, 0.2) is 0 Å². The van der Waals surface area contributed by atoms with Gasteiger partial charge in [-0.15, -0.1) is 0 Å². The smallest absolute Gasteiger partial charge is 0.416 e. The van der Waals surface area contributed by atoms with Gasteiger partial charge in [-0.25, -0.2) is 0 Å². The first-order valence-corrected chi connectivity index (χ1v) is 7.57. The lowest BCUT2D eigenvalue weighted by molar-refractivity contribution is -0.152. The summed E-state index contributed by atoms with van der Waals surface area (Å²) >= 11 is 0. The van der Waals surface area contributed by atoms with E-state index in [0.29, 0.717) is 0 Å². The number of halogens is 3. The second-order valence-corrected chi connectivity index (χ2v) is 6.33. The molecule has 0 aliphatic rings. The fourth-order valence-electron chi connectivity index (χ4n) is 2.16. The number of amides is 1. The van der Waals surface area contributed by atoms with Gasteiger partial charge in [-0.3, -0.25) is 9.59 Å². The number of ether oxygens (including phenoxy) is 1. The standard InChI is InChI=1S/C17H22F3NO3/c1-5-24-15(23)11-21(16(2,3)4)14(22)10-12-7-6-8-13(9-12)17(18,19)20/h6-9H,5,10-11H2,1-4H3. The number of esters is 1. The molecule has 1 aromatic carbocycles. The molecule has 0 aliphatic carbocycles. The van der Waals surface area contributed by atoms with Crippen LogP contribution in [0, 0.1) is 0 Å². The van der Waals surface area contributed by atoms with Gasteiger partial charge in [-0.05, 0) is 39.3 Å². The topological polar surface area (TPSA) is 46.6 Å². The van der Waals surface area contributed by atoms with Crippen molar-refractivity contribution in [3.63, 3.8) is 0 Å². The van der Waals surface area contributed by atoms with E-state index in [1.165, 1.54) is 17.0 Å². The molecule has 134 valence electrons. The Morgan fingerprint density at radius 2 is 1.79 bits per heavy atom. The van der Waals surface area contributed by atoms with Crippen LogP contribution in [0.4, 0.5) is 13.2 Å². The molecule has 1 aromatic rings. The zero-order valence-electron chi connectivity index (χ0n) is 14.2. The molecular weight excluding hydrogens is 323 g/mol. The van der Waals surface area contributed by atoms with Crippen LogP contribution < -0.4 is 0 Å². The van der Waals surface area contributed by atoms with Crippen LogP contribution in [-0.4, -0.2) is 35.5 Å². The van der Waals surface area contributed by atoms with E-state index in [0.717, 1.165) is 12.1 Å². The lowest BCUT2D eigenvalue weighted by Gasteiger charge is -2.35. The van der Waals surface area contributed by atoms with E-state index in [-0.39, 0.29) is 25.1 Å². The van der Waals surface area contributed by atoms with Crippen LogP contribution in [0.1, 0.15) is 38.8 Å². The van der Waals surface area contributed by atoms with Gasteiger partial charge in [0, 0.05) is 5.54 Å². The van der Waals surface area contributed by atoms with Crippen molar-refractivity contribution in [2.24, 2.45) is 0 Å². The number of benzene rings is 1. The Kier molecular flexibility index (Phi) is 6.40. The molecule has 0 saturated carbocycles. The molecule has 1 amide bonds. The summed E-state index contributed by atoms with van der Waals surface area (Å²) in [5, 5.41) is 0. The predicted molar refractivity (Wildman–Crippen MR) is 83.2 cm³/mol. The number of carbonyl (C=O) groups excluding carboxylic acids is 2. The highest BCUT2D eigenvalue weighted by Crippen LogP contribution is 2.29. The highest BCUT2D eigenvalue weighted by Gasteiger charge is 2.32. The molecule has 0 atom stereocenters. The Labute approximate surface area is 139 Å². The summed E-state index contributed by atoms with van der Waals surface area (Å²) < 4.78 is 43.1. The van der Waals surface area contributed by atoms with Crippen molar-refractivity contribution in [1.82, 2.24) is 4.90 Å². The number of hydrogen-bond donors (Lipinski definition) is 0. The normalized spacial score (nSPS) is 12.0. The minimum atomic E-state index is -4.46. The van der Waals surface area contributed by atoms with Crippen LogP contribution in [0.2, 0.25) is 0 Å². The van der Waals surface area contributed by atoms with Gasteiger partial charge in [0.25, 0.3) is 0 Å². The van der Waals surface area contributed by atoms with Gasteiger partial charge in [-0.1, -0.05) is 18.2 Å². The summed E-state index contributed by atoms with van der Waals surface area (Å²) in [5.41, 5.74) is -1.22. The van der Waals surface area contributed by atoms with E-state index in [2.05, 4.69) is 0 Å². The van der Waals surface area contributed by atoms with Gasteiger partial charge >= 0.3 is 12.1 Å². The maximum Gasteiger partial charge on any atom is 0.416 e. The molecule has 0 heterocycles. The second-order valence-electron chi connectivity index (χ2n) is 6.33. The van der Waals surface area contributed by atoms with Crippen molar-refractivity contribution in [3.8, 4) is 0 Å². The average Bonchev–Trinajstić information content (AvgIpc) is 2.43. The molecule has 1 rings (SSSR count). The molecule has 24 heavy (non-hydrogen) atoms. The molecule has 0 aromatic heterocycles. The molecule has 0 fully saturated rings. The van der Waals surface area contributed by atoms with Crippen LogP contribution in [-0.2, 0) is 26.9 Å². The minimum absolute atomic E-state index is 0.193. The quantitative estimate of drug-likeness (QED) is 0.768. The first kappa shape index (κ1) is 20.0. The molecule has 0 unspecified atom stereocenters. The van der Waals surface area contributed by atoms with Gasteiger partial charge in [0.2, 0.25) is 5.91 Å². The largest absolute Gasteiger partial charge is 0.465 e. The lowest BCUT2D eigenvalue weighted by atomic mass is 10.0. The number of carbonyl (C=O) groups is 2. The summed E-state index contributed by atoms with van der Waals surface area (Å²) in [6, 6.07) is 4.62. The van der Waals surface area contributed by atoms with Crippen LogP contribution >= 0.6 is 0 Å². The predicted octanol–water partition coefficient (Wildman–Crippen LogP) is 3.44. The van der Waals surface area contributed by atoms with E-state index < -0.39 is 29.2 Å². The molecule has 7 heteroatoms. The number of nitrogens with zero attached hydrogens (tertiary/aromatic N) is 1. The van der Waals surface area contributed by atoms with Crippen molar-refractivity contribution in [2.75, 3.05) is 13.2 Å². The Morgan fingerprint density at radius 3 is 2.29 bits per heavy atom. The number of hydrogen-bond acceptors (Lipinski definition) is 3. The molecule has 0 aliphatic heterocycles. The molecule has 0 saturated heterocycles.